The fraction of sp³-hybridized carbons (Fsp3) is 0.273. The number of aromatic nitrogens is 1. The summed E-state index contributed by atoms with van der Waals surface area (Å²) >= 11 is 0. The number of methoxy groups -OCH3 is 1. The highest BCUT2D eigenvalue weighted by Gasteiger charge is 2.14. The number of rotatable bonds is 4. The zero-order valence-corrected chi connectivity index (χ0v) is 15.4. The summed E-state index contributed by atoms with van der Waals surface area (Å²) in [7, 11) is 1.63. The number of hydrogen-bond donors (Lipinski definition) is 1. The van der Waals surface area contributed by atoms with Gasteiger partial charge in [-0.2, -0.15) is 0 Å². The van der Waals surface area contributed by atoms with Gasteiger partial charge in [0.1, 0.15) is 11.6 Å². The number of pyridine rings is 1. The molecule has 1 saturated heterocycles. The molecule has 1 fully saturated rings. The first-order valence-corrected chi connectivity index (χ1v) is 9.34. The summed E-state index contributed by atoms with van der Waals surface area (Å²) in [6, 6.07) is 15.3. The zero-order chi connectivity index (χ0) is 18.6. The lowest BCUT2D eigenvalue weighted by Gasteiger charge is -2.28. The number of nitrogens with zero attached hydrogens (tertiary/aromatic N) is 2. The molecular formula is C22H23N3O2. The average molecular weight is 361 g/mol. The van der Waals surface area contributed by atoms with Crippen molar-refractivity contribution in [2.24, 2.45) is 0 Å². The quantitative estimate of drug-likeness (QED) is 0.744. The summed E-state index contributed by atoms with van der Waals surface area (Å²) in [5.41, 5.74) is 1.72. The van der Waals surface area contributed by atoms with Crippen LogP contribution >= 0.6 is 0 Å². The van der Waals surface area contributed by atoms with Gasteiger partial charge < -0.3 is 15.0 Å². The van der Waals surface area contributed by atoms with E-state index in [2.05, 4.69) is 15.2 Å². The molecule has 0 aliphatic carbocycles. The van der Waals surface area contributed by atoms with Crippen LogP contribution < -0.4 is 15.0 Å². The van der Waals surface area contributed by atoms with E-state index in [-0.39, 0.29) is 5.91 Å². The van der Waals surface area contributed by atoms with Crippen LogP contribution in [0.15, 0.2) is 54.7 Å². The Morgan fingerprint density at radius 2 is 1.78 bits per heavy atom. The van der Waals surface area contributed by atoms with Crippen molar-refractivity contribution in [3.05, 3.63) is 60.3 Å². The number of nitrogens with one attached hydrogen (secondary N) is 1. The molecule has 3 aromatic rings. The van der Waals surface area contributed by atoms with E-state index >= 15 is 0 Å². The molecule has 1 aliphatic rings. The first-order valence-electron chi connectivity index (χ1n) is 9.34. The van der Waals surface area contributed by atoms with Crippen LogP contribution in [0.4, 0.5) is 11.5 Å². The molecule has 1 N–H and O–H groups in total. The van der Waals surface area contributed by atoms with Gasteiger partial charge in [-0.1, -0.05) is 24.3 Å². The smallest absolute Gasteiger partial charge is 0.257 e. The predicted molar refractivity (Wildman–Crippen MR) is 109 cm³/mol. The largest absolute Gasteiger partial charge is 0.496 e. The summed E-state index contributed by atoms with van der Waals surface area (Å²) in [6.45, 7) is 2.15. The molecule has 0 atom stereocenters. The second kappa shape index (κ2) is 7.66. The Kier molecular flexibility index (Phi) is 4.92. The molecule has 0 spiro atoms. The van der Waals surface area contributed by atoms with Gasteiger partial charge in [0.25, 0.3) is 5.91 Å². The minimum atomic E-state index is -0.174. The lowest BCUT2D eigenvalue weighted by molar-refractivity contribution is 0.102. The molecule has 27 heavy (non-hydrogen) atoms. The minimum Gasteiger partial charge on any atom is -0.496 e. The molecule has 2 aromatic carbocycles. The van der Waals surface area contributed by atoms with E-state index in [1.807, 2.05) is 48.7 Å². The van der Waals surface area contributed by atoms with Crippen LogP contribution in [0.1, 0.15) is 29.6 Å². The van der Waals surface area contributed by atoms with Crippen molar-refractivity contribution in [3.63, 3.8) is 0 Å². The number of ether oxygens (including phenoxy) is 1. The van der Waals surface area contributed by atoms with E-state index < -0.39 is 0 Å². The van der Waals surface area contributed by atoms with E-state index in [4.69, 9.17) is 4.74 Å². The van der Waals surface area contributed by atoms with Gasteiger partial charge in [-0.25, -0.2) is 4.98 Å². The molecule has 138 valence electrons. The molecule has 0 bridgehead atoms. The summed E-state index contributed by atoms with van der Waals surface area (Å²) in [5, 5.41) is 4.69. The standard InChI is InChI=1S/C22H23N3O2/c1-27-20-11-10-19(17-7-3-4-8-18(17)20)22(26)24-21-12-9-16(15-23-21)25-13-5-2-6-14-25/h3-4,7-12,15H,2,5-6,13-14H2,1H3,(H,23,24,26). The van der Waals surface area contributed by atoms with Crippen molar-refractivity contribution in [2.45, 2.75) is 19.3 Å². The molecular weight excluding hydrogens is 338 g/mol. The van der Waals surface area contributed by atoms with E-state index in [1.165, 1.54) is 19.3 Å². The predicted octanol–water partition coefficient (Wildman–Crippen LogP) is 4.49. The molecule has 2 heterocycles. The van der Waals surface area contributed by atoms with Crippen LogP contribution in [0.25, 0.3) is 10.8 Å². The Bertz CT molecular complexity index is 947. The lowest BCUT2D eigenvalue weighted by atomic mass is 10.0. The molecule has 0 saturated carbocycles. The maximum atomic E-state index is 12.8. The van der Waals surface area contributed by atoms with E-state index in [0.717, 1.165) is 35.3 Å². The molecule has 1 aliphatic heterocycles. The van der Waals surface area contributed by atoms with Crippen molar-refractivity contribution in [1.82, 2.24) is 4.98 Å². The van der Waals surface area contributed by atoms with Crippen LogP contribution in [-0.4, -0.2) is 31.1 Å². The summed E-state index contributed by atoms with van der Waals surface area (Å²) in [4.78, 5) is 19.6. The van der Waals surface area contributed by atoms with Crippen LogP contribution in [0.3, 0.4) is 0 Å². The van der Waals surface area contributed by atoms with Crippen LogP contribution in [0.5, 0.6) is 5.75 Å². The van der Waals surface area contributed by atoms with Gasteiger partial charge in [0.15, 0.2) is 0 Å². The molecule has 5 heteroatoms. The monoisotopic (exact) mass is 361 g/mol. The lowest BCUT2D eigenvalue weighted by Crippen LogP contribution is -2.29. The number of anilines is 2. The van der Waals surface area contributed by atoms with E-state index in [9.17, 15) is 4.79 Å². The Morgan fingerprint density at radius 3 is 2.48 bits per heavy atom. The topological polar surface area (TPSA) is 54.5 Å². The third kappa shape index (κ3) is 3.58. The van der Waals surface area contributed by atoms with Gasteiger partial charge in [0, 0.05) is 24.0 Å². The van der Waals surface area contributed by atoms with Crippen molar-refractivity contribution < 1.29 is 9.53 Å². The van der Waals surface area contributed by atoms with Gasteiger partial charge in [-0.3, -0.25) is 4.79 Å². The fourth-order valence-corrected chi connectivity index (χ4v) is 3.63. The molecule has 4 rings (SSSR count). The Morgan fingerprint density at radius 1 is 1.00 bits per heavy atom. The highest BCUT2D eigenvalue weighted by molar-refractivity contribution is 6.13. The highest BCUT2D eigenvalue weighted by Crippen LogP contribution is 2.29. The summed E-state index contributed by atoms with van der Waals surface area (Å²) < 4.78 is 5.40. The van der Waals surface area contributed by atoms with Gasteiger partial charge in [0.2, 0.25) is 0 Å². The van der Waals surface area contributed by atoms with Crippen molar-refractivity contribution >= 4 is 28.2 Å². The molecule has 0 unspecified atom stereocenters. The Balaban J connectivity index is 1.55. The summed E-state index contributed by atoms with van der Waals surface area (Å²) in [5.74, 6) is 1.14. The van der Waals surface area contributed by atoms with Crippen LogP contribution in [0, 0.1) is 0 Å². The number of hydrogen-bond acceptors (Lipinski definition) is 4. The third-order valence-corrected chi connectivity index (χ3v) is 5.06. The Labute approximate surface area is 159 Å². The van der Waals surface area contributed by atoms with Crippen molar-refractivity contribution in [2.75, 3.05) is 30.4 Å². The first-order chi connectivity index (χ1) is 13.3. The zero-order valence-electron chi connectivity index (χ0n) is 15.4. The van der Waals surface area contributed by atoms with E-state index in [1.54, 1.807) is 13.2 Å². The summed E-state index contributed by atoms with van der Waals surface area (Å²) in [6.07, 6.45) is 5.59. The number of carbonyl (C=O) groups is 1. The highest BCUT2D eigenvalue weighted by atomic mass is 16.5. The maximum absolute atomic E-state index is 12.8. The second-order valence-electron chi connectivity index (χ2n) is 6.76. The maximum Gasteiger partial charge on any atom is 0.257 e. The minimum absolute atomic E-state index is 0.174. The van der Waals surface area contributed by atoms with Crippen molar-refractivity contribution in [3.8, 4) is 5.75 Å². The van der Waals surface area contributed by atoms with Gasteiger partial charge in [-0.15, -0.1) is 0 Å². The van der Waals surface area contributed by atoms with Gasteiger partial charge in [0.05, 0.1) is 19.0 Å². The number of benzene rings is 2. The average Bonchev–Trinajstić information content (AvgIpc) is 2.74. The number of carbonyl (C=O) groups excluding carboxylic acids is 1. The molecule has 5 nitrogen and oxygen atoms in total. The van der Waals surface area contributed by atoms with E-state index in [0.29, 0.717) is 11.4 Å². The molecule has 0 radical (unpaired) electrons. The first kappa shape index (κ1) is 17.3. The Hall–Kier alpha value is -3.08. The number of fused-ring (bicyclic) bond motifs is 1. The third-order valence-electron chi connectivity index (χ3n) is 5.06. The van der Waals surface area contributed by atoms with Gasteiger partial charge in [-0.05, 0) is 48.9 Å². The molecule has 1 aromatic heterocycles. The van der Waals surface area contributed by atoms with Crippen molar-refractivity contribution in [1.29, 1.82) is 0 Å². The number of piperidine rings is 1. The normalized spacial score (nSPS) is 14.2. The second-order valence-corrected chi connectivity index (χ2v) is 6.76. The number of amides is 1. The fourth-order valence-electron chi connectivity index (χ4n) is 3.63. The van der Waals surface area contributed by atoms with Crippen LogP contribution in [0.2, 0.25) is 0 Å². The SMILES string of the molecule is COc1ccc(C(=O)Nc2ccc(N3CCCCC3)cn2)c2ccccc12. The molecule has 1 amide bonds. The van der Waals surface area contributed by atoms with Gasteiger partial charge >= 0.3 is 0 Å². The van der Waals surface area contributed by atoms with Crippen LogP contribution in [-0.2, 0) is 0 Å².